The summed E-state index contributed by atoms with van der Waals surface area (Å²) in [6, 6.07) is 11.6. The molecule has 0 aromatic heterocycles. The topological polar surface area (TPSA) is 46.6 Å². The van der Waals surface area contributed by atoms with Crippen molar-refractivity contribution in [2.45, 2.75) is 18.9 Å². The molecule has 3 rings (SSSR count). The Labute approximate surface area is 150 Å². The van der Waals surface area contributed by atoms with Crippen molar-refractivity contribution in [3.63, 3.8) is 0 Å². The number of carbonyl (C=O) groups excluding carboxylic acids is 2. The van der Waals surface area contributed by atoms with Crippen molar-refractivity contribution in [1.29, 1.82) is 0 Å². The molecule has 1 unspecified atom stereocenters. The predicted molar refractivity (Wildman–Crippen MR) is 91.6 cm³/mol. The van der Waals surface area contributed by atoms with Crippen LogP contribution in [0.3, 0.4) is 0 Å². The van der Waals surface area contributed by atoms with Crippen LogP contribution in [0.2, 0.25) is 0 Å². The van der Waals surface area contributed by atoms with E-state index in [2.05, 4.69) is 0 Å². The molecule has 4 nitrogen and oxygen atoms in total. The molecule has 1 aliphatic rings. The Bertz CT molecular complexity index is 792. The first-order valence-corrected chi connectivity index (χ1v) is 8.47. The number of ketones is 1. The van der Waals surface area contributed by atoms with Gasteiger partial charge in [-0.3, -0.25) is 9.59 Å². The molecule has 6 heteroatoms. The van der Waals surface area contributed by atoms with Crippen LogP contribution in [0.15, 0.2) is 48.5 Å². The molecule has 1 amide bonds. The van der Waals surface area contributed by atoms with Gasteiger partial charge >= 0.3 is 0 Å². The Morgan fingerprint density at radius 1 is 1.04 bits per heavy atom. The number of halogens is 2. The first-order chi connectivity index (χ1) is 12.5. The summed E-state index contributed by atoms with van der Waals surface area (Å²) >= 11 is 0. The lowest BCUT2D eigenvalue weighted by Crippen LogP contribution is -2.42. The van der Waals surface area contributed by atoms with Crippen molar-refractivity contribution >= 4 is 11.7 Å². The van der Waals surface area contributed by atoms with Gasteiger partial charge in [-0.25, -0.2) is 8.78 Å². The average Bonchev–Trinajstić information content (AvgIpc) is 2.67. The zero-order chi connectivity index (χ0) is 18.5. The number of benzene rings is 2. The summed E-state index contributed by atoms with van der Waals surface area (Å²) in [5.74, 6) is -1.16. The fraction of sp³-hybridized carbons (Fsp3) is 0.300. The third-order valence-corrected chi connectivity index (χ3v) is 4.40. The highest BCUT2D eigenvalue weighted by molar-refractivity contribution is 5.97. The summed E-state index contributed by atoms with van der Waals surface area (Å²) < 4.78 is 32.4. The smallest absolute Gasteiger partial charge is 0.223 e. The standard InChI is InChI=1S/C20H19F2NO3/c21-15-7-5-14(6-8-15)18(24)9-10-20(25)23-11-12-26-19(13-23)16-3-1-2-4-17(16)22/h1-8,19H,9-13H2. The summed E-state index contributed by atoms with van der Waals surface area (Å²) in [4.78, 5) is 26.1. The summed E-state index contributed by atoms with van der Waals surface area (Å²) in [6.45, 7) is 0.982. The Hall–Kier alpha value is -2.60. The molecule has 0 N–H and O–H groups in total. The van der Waals surface area contributed by atoms with Gasteiger partial charge in [0.15, 0.2) is 5.78 Å². The lowest BCUT2D eigenvalue weighted by Gasteiger charge is -2.33. The van der Waals surface area contributed by atoms with Crippen LogP contribution in [0.1, 0.15) is 34.9 Å². The van der Waals surface area contributed by atoms with Gasteiger partial charge in [-0.2, -0.15) is 0 Å². The molecule has 0 aliphatic carbocycles. The van der Waals surface area contributed by atoms with E-state index in [4.69, 9.17) is 4.74 Å². The third kappa shape index (κ3) is 4.32. The molecule has 26 heavy (non-hydrogen) atoms. The molecular formula is C20H19F2NO3. The van der Waals surface area contributed by atoms with E-state index in [1.54, 1.807) is 23.1 Å². The van der Waals surface area contributed by atoms with Crippen LogP contribution in [0, 0.1) is 11.6 Å². The van der Waals surface area contributed by atoms with E-state index in [9.17, 15) is 18.4 Å². The van der Waals surface area contributed by atoms with Gasteiger partial charge in [0, 0.05) is 30.5 Å². The molecule has 1 aliphatic heterocycles. The second kappa shape index (κ2) is 8.19. The first kappa shape index (κ1) is 18.2. The molecule has 1 atom stereocenters. The Morgan fingerprint density at radius 3 is 2.50 bits per heavy atom. The lowest BCUT2D eigenvalue weighted by molar-refractivity contribution is -0.139. The first-order valence-electron chi connectivity index (χ1n) is 8.47. The number of carbonyl (C=O) groups is 2. The van der Waals surface area contributed by atoms with Crippen LogP contribution in [0.25, 0.3) is 0 Å². The van der Waals surface area contributed by atoms with E-state index in [-0.39, 0.29) is 36.9 Å². The highest BCUT2D eigenvalue weighted by atomic mass is 19.1. The molecule has 1 fully saturated rings. The molecular weight excluding hydrogens is 340 g/mol. The number of amides is 1. The maximum Gasteiger partial charge on any atom is 0.223 e. The summed E-state index contributed by atoms with van der Waals surface area (Å²) in [5, 5.41) is 0. The van der Waals surface area contributed by atoms with Crippen molar-refractivity contribution in [2.75, 3.05) is 19.7 Å². The van der Waals surface area contributed by atoms with Crippen LogP contribution in [-0.2, 0) is 9.53 Å². The zero-order valence-corrected chi connectivity index (χ0v) is 14.2. The minimum absolute atomic E-state index is 0.0478. The SMILES string of the molecule is O=C(CCC(=O)N1CCOC(c2ccccc2F)C1)c1ccc(F)cc1. The second-order valence-electron chi connectivity index (χ2n) is 6.15. The van der Waals surface area contributed by atoms with E-state index in [0.29, 0.717) is 24.3 Å². The zero-order valence-electron chi connectivity index (χ0n) is 14.2. The maximum atomic E-state index is 13.9. The third-order valence-electron chi connectivity index (χ3n) is 4.40. The van der Waals surface area contributed by atoms with Crippen LogP contribution >= 0.6 is 0 Å². The molecule has 0 saturated carbocycles. The quantitative estimate of drug-likeness (QED) is 0.768. The van der Waals surface area contributed by atoms with E-state index < -0.39 is 11.9 Å². The van der Waals surface area contributed by atoms with Gasteiger partial charge in [0.05, 0.1) is 13.2 Å². The summed E-state index contributed by atoms with van der Waals surface area (Å²) in [7, 11) is 0. The predicted octanol–water partition coefficient (Wildman–Crippen LogP) is 3.53. The fourth-order valence-electron chi connectivity index (χ4n) is 2.96. The van der Waals surface area contributed by atoms with E-state index in [1.165, 1.54) is 30.3 Å². The van der Waals surface area contributed by atoms with Crippen molar-refractivity contribution in [3.05, 3.63) is 71.3 Å². The highest BCUT2D eigenvalue weighted by Gasteiger charge is 2.27. The van der Waals surface area contributed by atoms with Gasteiger partial charge < -0.3 is 9.64 Å². The molecule has 1 saturated heterocycles. The monoisotopic (exact) mass is 359 g/mol. The Balaban J connectivity index is 1.57. The highest BCUT2D eigenvalue weighted by Crippen LogP contribution is 2.25. The van der Waals surface area contributed by atoms with Crippen LogP contribution in [0.5, 0.6) is 0 Å². The molecule has 1 heterocycles. The summed E-state index contributed by atoms with van der Waals surface area (Å²) in [5.41, 5.74) is 0.804. The lowest BCUT2D eigenvalue weighted by atomic mass is 10.0. The van der Waals surface area contributed by atoms with Gasteiger partial charge in [-0.1, -0.05) is 18.2 Å². The van der Waals surface area contributed by atoms with E-state index >= 15 is 0 Å². The minimum atomic E-state index is -0.512. The number of ether oxygens (including phenoxy) is 1. The Morgan fingerprint density at radius 2 is 1.77 bits per heavy atom. The minimum Gasteiger partial charge on any atom is -0.370 e. The number of nitrogens with zero attached hydrogens (tertiary/aromatic N) is 1. The molecule has 2 aromatic rings. The maximum absolute atomic E-state index is 13.9. The fourth-order valence-corrected chi connectivity index (χ4v) is 2.96. The number of morpholine rings is 1. The van der Waals surface area contributed by atoms with Crippen LogP contribution in [-0.4, -0.2) is 36.3 Å². The van der Waals surface area contributed by atoms with Gasteiger partial charge in [0.25, 0.3) is 0 Å². The van der Waals surface area contributed by atoms with Crippen molar-refractivity contribution in [3.8, 4) is 0 Å². The number of rotatable bonds is 5. The van der Waals surface area contributed by atoms with Crippen molar-refractivity contribution in [1.82, 2.24) is 4.90 Å². The van der Waals surface area contributed by atoms with Crippen molar-refractivity contribution < 1.29 is 23.1 Å². The molecule has 0 spiro atoms. The van der Waals surface area contributed by atoms with Crippen LogP contribution < -0.4 is 0 Å². The average molecular weight is 359 g/mol. The van der Waals surface area contributed by atoms with Gasteiger partial charge in [-0.05, 0) is 30.3 Å². The van der Waals surface area contributed by atoms with Gasteiger partial charge in [0.2, 0.25) is 5.91 Å². The number of Topliss-reactive ketones (excluding diaryl/α,β-unsaturated/α-hetero) is 1. The largest absolute Gasteiger partial charge is 0.370 e. The second-order valence-corrected chi connectivity index (χ2v) is 6.15. The number of hydrogen-bond donors (Lipinski definition) is 0. The molecule has 2 aromatic carbocycles. The molecule has 0 bridgehead atoms. The van der Waals surface area contributed by atoms with E-state index in [0.717, 1.165) is 0 Å². The van der Waals surface area contributed by atoms with Crippen LogP contribution in [0.4, 0.5) is 8.78 Å². The molecule has 0 radical (unpaired) electrons. The number of hydrogen-bond acceptors (Lipinski definition) is 3. The molecule has 136 valence electrons. The summed E-state index contributed by atoms with van der Waals surface area (Å²) in [6.07, 6.45) is -0.409. The van der Waals surface area contributed by atoms with Gasteiger partial charge in [0.1, 0.15) is 17.7 Å². The normalized spacial score (nSPS) is 17.2. The van der Waals surface area contributed by atoms with Crippen molar-refractivity contribution in [2.24, 2.45) is 0 Å². The Kier molecular flexibility index (Phi) is 5.73. The van der Waals surface area contributed by atoms with E-state index in [1.807, 2.05) is 0 Å². The van der Waals surface area contributed by atoms with Gasteiger partial charge in [-0.15, -0.1) is 0 Å².